The van der Waals surface area contributed by atoms with Crippen LogP contribution in [-0.2, 0) is 0 Å². The Labute approximate surface area is 110 Å². The van der Waals surface area contributed by atoms with E-state index in [4.69, 9.17) is 4.74 Å². The molecule has 0 radical (unpaired) electrons. The zero-order chi connectivity index (χ0) is 13.5. The van der Waals surface area contributed by atoms with E-state index in [9.17, 15) is 0 Å². The number of ether oxygens (including phenoxy) is 1. The van der Waals surface area contributed by atoms with E-state index in [0.29, 0.717) is 24.3 Å². The summed E-state index contributed by atoms with van der Waals surface area (Å²) < 4.78 is 5.69. The van der Waals surface area contributed by atoms with Crippen molar-refractivity contribution in [3.8, 4) is 5.88 Å². The summed E-state index contributed by atoms with van der Waals surface area (Å²) in [7, 11) is 0. The molecule has 1 N–H and O–H groups in total. The largest absolute Gasteiger partial charge is 0.477 e. The molecule has 0 saturated heterocycles. The minimum Gasteiger partial charge on any atom is -0.477 e. The van der Waals surface area contributed by atoms with Gasteiger partial charge in [0.15, 0.2) is 0 Å². The van der Waals surface area contributed by atoms with Gasteiger partial charge < -0.3 is 10.1 Å². The lowest BCUT2D eigenvalue weighted by Crippen LogP contribution is -2.10. The van der Waals surface area contributed by atoms with Crippen LogP contribution in [0.3, 0.4) is 0 Å². The molecule has 18 heavy (non-hydrogen) atoms. The SMILES string of the molecule is CCCNc1cc(OCC(C)C)nc(C(C)C)n1. The average Bonchev–Trinajstić information content (AvgIpc) is 2.33. The molecule has 1 rings (SSSR count). The lowest BCUT2D eigenvalue weighted by molar-refractivity contribution is 0.260. The maximum atomic E-state index is 5.69. The highest BCUT2D eigenvalue weighted by atomic mass is 16.5. The minimum atomic E-state index is 0.301. The summed E-state index contributed by atoms with van der Waals surface area (Å²) in [6, 6.07) is 1.88. The van der Waals surface area contributed by atoms with Crippen molar-refractivity contribution in [1.82, 2.24) is 9.97 Å². The molecule has 0 aliphatic rings. The van der Waals surface area contributed by atoms with Crippen LogP contribution < -0.4 is 10.1 Å². The Morgan fingerprint density at radius 3 is 2.50 bits per heavy atom. The molecule has 4 heteroatoms. The van der Waals surface area contributed by atoms with Crippen molar-refractivity contribution in [3.05, 3.63) is 11.9 Å². The first-order valence-corrected chi connectivity index (χ1v) is 6.78. The molecule has 1 heterocycles. The number of nitrogens with zero attached hydrogens (tertiary/aromatic N) is 2. The first-order valence-electron chi connectivity index (χ1n) is 6.78. The Hall–Kier alpha value is -1.32. The highest BCUT2D eigenvalue weighted by Gasteiger charge is 2.09. The third-order valence-electron chi connectivity index (χ3n) is 2.36. The molecule has 0 bridgehead atoms. The Balaban J connectivity index is 2.83. The van der Waals surface area contributed by atoms with Crippen LogP contribution >= 0.6 is 0 Å². The summed E-state index contributed by atoms with van der Waals surface area (Å²) >= 11 is 0. The van der Waals surface area contributed by atoms with Gasteiger partial charge >= 0.3 is 0 Å². The quantitative estimate of drug-likeness (QED) is 0.806. The molecule has 1 aromatic rings. The van der Waals surface area contributed by atoms with Gasteiger partial charge in [-0.15, -0.1) is 0 Å². The summed E-state index contributed by atoms with van der Waals surface area (Å²) in [4.78, 5) is 8.93. The Kier molecular flexibility index (Phi) is 5.89. The van der Waals surface area contributed by atoms with Crippen LogP contribution in [0.5, 0.6) is 5.88 Å². The number of aromatic nitrogens is 2. The number of nitrogens with one attached hydrogen (secondary N) is 1. The summed E-state index contributed by atoms with van der Waals surface area (Å²) in [5, 5.41) is 3.29. The molecule has 0 aromatic carbocycles. The number of hydrogen-bond donors (Lipinski definition) is 1. The van der Waals surface area contributed by atoms with Gasteiger partial charge in [-0.1, -0.05) is 34.6 Å². The number of rotatable bonds is 7. The summed E-state index contributed by atoms with van der Waals surface area (Å²) in [6.07, 6.45) is 1.07. The summed E-state index contributed by atoms with van der Waals surface area (Å²) in [5.74, 6) is 3.15. The van der Waals surface area contributed by atoms with E-state index < -0.39 is 0 Å². The van der Waals surface area contributed by atoms with Crippen LogP contribution in [0.2, 0.25) is 0 Å². The van der Waals surface area contributed by atoms with Crippen molar-refractivity contribution >= 4 is 5.82 Å². The molecule has 0 aliphatic carbocycles. The molecule has 1 aromatic heterocycles. The van der Waals surface area contributed by atoms with Gasteiger partial charge in [0.2, 0.25) is 5.88 Å². The molecule has 0 saturated carbocycles. The van der Waals surface area contributed by atoms with Crippen molar-refractivity contribution in [2.24, 2.45) is 5.92 Å². The molecule has 102 valence electrons. The Morgan fingerprint density at radius 1 is 1.22 bits per heavy atom. The van der Waals surface area contributed by atoms with Gasteiger partial charge in [0.05, 0.1) is 6.61 Å². The van der Waals surface area contributed by atoms with Crippen LogP contribution in [0.25, 0.3) is 0 Å². The van der Waals surface area contributed by atoms with Gasteiger partial charge in [-0.05, 0) is 12.3 Å². The smallest absolute Gasteiger partial charge is 0.218 e. The molecule has 4 nitrogen and oxygen atoms in total. The second-order valence-corrected chi connectivity index (χ2v) is 5.24. The van der Waals surface area contributed by atoms with Crippen molar-refractivity contribution in [2.75, 3.05) is 18.5 Å². The van der Waals surface area contributed by atoms with E-state index in [2.05, 4.69) is 49.9 Å². The van der Waals surface area contributed by atoms with Crippen LogP contribution in [0.15, 0.2) is 6.07 Å². The van der Waals surface area contributed by atoms with Crippen LogP contribution in [0, 0.1) is 5.92 Å². The average molecular weight is 251 g/mol. The monoisotopic (exact) mass is 251 g/mol. The van der Waals surface area contributed by atoms with Gasteiger partial charge in [0.1, 0.15) is 11.6 Å². The number of anilines is 1. The van der Waals surface area contributed by atoms with Crippen molar-refractivity contribution in [2.45, 2.75) is 47.0 Å². The fourth-order valence-corrected chi connectivity index (χ4v) is 1.37. The minimum absolute atomic E-state index is 0.301. The Bertz CT molecular complexity index is 364. The second kappa shape index (κ2) is 7.19. The lowest BCUT2D eigenvalue weighted by Gasteiger charge is -2.13. The fraction of sp³-hybridized carbons (Fsp3) is 0.714. The summed E-state index contributed by atoms with van der Waals surface area (Å²) in [5.41, 5.74) is 0. The zero-order valence-corrected chi connectivity index (χ0v) is 12.2. The molecule has 0 atom stereocenters. The molecule has 0 spiro atoms. The topological polar surface area (TPSA) is 47.0 Å². The molecule has 0 unspecified atom stereocenters. The van der Waals surface area contributed by atoms with Gasteiger partial charge in [-0.25, -0.2) is 4.98 Å². The molecular formula is C14H25N3O. The van der Waals surface area contributed by atoms with E-state index >= 15 is 0 Å². The normalized spacial score (nSPS) is 11.1. The summed E-state index contributed by atoms with van der Waals surface area (Å²) in [6.45, 7) is 12.2. The maximum absolute atomic E-state index is 5.69. The van der Waals surface area contributed by atoms with E-state index in [1.165, 1.54) is 0 Å². The first kappa shape index (κ1) is 14.7. The van der Waals surface area contributed by atoms with Gasteiger partial charge in [-0.2, -0.15) is 4.98 Å². The van der Waals surface area contributed by atoms with Gasteiger partial charge in [0, 0.05) is 18.5 Å². The highest BCUT2D eigenvalue weighted by Crippen LogP contribution is 2.19. The maximum Gasteiger partial charge on any atom is 0.218 e. The zero-order valence-electron chi connectivity index (χ0n) is 12.2. The standard InChI is InChI=1S/C14H25N3O/c1-6-7-15-12-8-13(18-9-10(2)3)17-14(16-12)11(4)5/h8,10-11H,6-7,9H2,1-5H3,(H,15,16,17). The van der Waals surface area contributed by atoms with Crippen LogP contribution in [-0.4, -0.2) is 23.1 Å². The molecule has 0 amide bonds. The van der Waals surface area contributed by atoms with Crippen LogP contribution in [0.1, 0.15) is 52.8 Å². The fourth-order valence-electron chi connectivity index (χ4n) is 1.37. The molecule has 0 fully saturated rings. The first-order chi connectivity index (χ1) is 8.52. The van der Waals surface area contributed by atoms with Gasteiger partial charge in [0.25, 0.3) is 0 Å². The van der Waals surface area contributed by atoms with Crippen molar-refractivity contribution < 1.29 is 4.74 Å². The highest BCUT2D eigenvalue weighted by molar-refractivity contribution is 5.38. The molecular weight excluding hydrogens is 226 g/mol. The second-order valence-electron chi connectivity index (χ2n) is 5.24. The van der Waals surface area contributed by atoms with E-state index in [1.807, 2.05) is 6.07 Å². The van der Waals surface area contributed by atoms with E-state index in [1.54, 1.807) is 0 Å². The Morgan fingerprint density at radius 2 is 1.94 bits per heavy atom. The third kappa shape index (κ3) is 4.90. The van der Waals surface area contributed by atoms with Crippen molar-refractivity contribution in [3.63, 3.8) is 0 Å². The predicted molar refractivity (Wildman–Crippen MR) is 75.2 cm³/mol. The lowest BCUT2D eigenvalue weighted by atomic mass is 10.2. The third-order valence-corrected chi connectivity index (χ3v) is 2.36. The molecule has 0 aliphatic heterocycles. The van der Waals surface area contributed by atoms with Crippen LogP contribution in [0.4, 0.5) is 5.82 Å². The van der Waals surface area contributed by atoms with E-state index in [-0.39, 0.29) is 0 Å². The van der Waals surface area contributed by atoms with Crippen molar-refractivity contribution in [1.29, 1.82) is 0 Å². The predicted octanol–water partition coefficient (Wildman–Crippen LogP) is 3.46. The van der Waals surface area contributed by atoms with E-state index in [0.717, 1.165) is 24.6 Å². The van der Waals surface area contributed by atoms with Gasteiger partial charge in [-0.3, -0.25) is 0 Å². The number of hydrogen-bond acceptors (Lipinski definition) is 4.